The highest BCUT2D eigenvalue weighted by Gasteiger charge is 2.35. The fraction of sp³-hybridized carbons (Fsp3) is 0.333. The van der Waals surface area contributed by atoms with E-state index in [-0.39, 0.29) is 24.1 Å². The first kappa shape index (κ1) is 13.3. The molecule has 0 aromatic heterocycles. The molecular weight excluding hydrogens is 244 g/mol. The molecule has 2 unspecified atom stereocenters. The maximum Gasteiger partial charge on any atom is 0.303 e. The number of hydrogen-bond donors (Lipinski definition) is 0. The molecule has 0 aliphatic heterocycles. The van der Waals surface area contributed by atoms with Gasteiger partial charge in [-0.3, -0.25) is 9.59 Å². The highest BCUT2D eigenvalue weighted by atomic mass is 16.6. The van der Waals surface area contributed by atoms with Gasteiger partial charge in [0.05, 0.1) is 0 Å². The Balaban J connectivity index is 2.36. The van der Waals surface area contributed by atoms with Crippen LogP contribution in [0, 0.1) is 0 Å². The molecule has 1 aliphatic rings. The minimum Gasteiger partial charge on any atom is -0.457 e. The fourth-order valence-electron chi connectivity index (χ4n) is 2.36. The molecule has 4 nitrogen and oxygen atoms in total. The summed E-state index contributed by atoms with van der Waals surface area (Å²) in [5, 5.41) is 0. The lowest BCUT2D eigenvalue weighted by atomic mass is 10.0. The van der Waals surface area contributed by atoms with Crippen molar-refractivity contribution in [1.82, 2.24) is 0 Å². The quantitative estimate of drug-likeness (QED) is 0.784. The van der Waals surface area contributed by atoms with Crippen LogP contribution >= 0.6 is 0 Å². The summed E-state index contributed by atoms with van der Waals surface area (Å²) in [5.74, 6) is -0.685. The molecule has 0 radical (unpaired) electrons. The van der Waals surface area contributed by atoms with Crippen molar-refractivity contribution in [2.75, 3.05) is 0 Å². The van der Waals surface area contributed by atoms with E-state index in [9.17, 15) is 9.59 Å². The van der Waals surface area contributed by atoms with E-state index in [4.69, 9.17) is 9.47 Å². The zero-order valence-corrected chi connectivity index (χ0v) is 11.0. The molecule has 1 aliphatic carbocycles. The molecule has 0 heterocycles. The first-order chi connectivity index (χ1) is 9.01. The van der Waals surface area contributed by atoms with E-state index in [2.05, 4.69) is 6.58 Å². The number of carbonyl (C=O) groups is 2. The Bertz CT molecular complexity index is 533. The summed E-state index contributed by atoms with van der Waals surface area (Å²) < 4.78 is 10.6. The van der Waals surface area contributed by atoms with E-state index in [0.717, 1.165) is 16.7 Å². The molecule has 2 rings (SSSR count). The molecule has 0 spiro atoms. The van der Waals surface area contributed by atoms with Gasteiger partial charge < -0.3 is 9.47 Å². The average molecular weight is 260 g/mol. The molecular formula is C15H16O4. The summed E-state index contributed by atoms with van der Waals surface area (Å²) in [6, 6.07) is 5.71. The van der Waals surface area contributed by atoms with Crippen LogP contribution in [-0.4, -0.2) is 11.9 Å². The SMILES string of the molecule is C=Cc1ccc2c(c1)C(OC(C)=O)CC2OC(C)=O. The van der Waals surface area contributed by atoms with E-state index in [1.165, 1.54) is 13.8 Å². The first-order valence-electron chi connectivity index (χ1n) is 6.12. The molecule has 0 saturated carbocycles. The lowest BCUT2D eigenvalue weighted by Crippen LogP contribution is -2.07. The zero-order chi connectivity index (χ0) is 14.0. The van der Waals surface area contributed by atoms with E-state index in [0.29, 0.717) is 6.42 Å². The van der Waals surface area contributed by atoms with Gasteiger partial charge in [-0.25, -0.2) is 0 Å². The smallest absolute Gasteiger partial charge is 0.303 e. The van der Waals surface area contributed by atoms with Crippen molar-refractivity contribution in [1.29, 1.82) is 0 Å². The minimum atomic E-state index is -0.364. The predicted molar refractivity (Wildman–Crippen MR) is 70.2 cm³/mol. The Labute approximate surface area is 112 Å². The monoisotopic (exact) mass is 260 g/mol. The number of hydrogen-bond acceptors (Lipinski definition) is 4. The third kappa shape index (κ3) is 2.84. The Hall–Kier alpha value is -2.10. The Morgan fingerprint density at radius 3 is 2.26 bits per heavy atom. The van der Waals surface area contributed by atoms with Crippen LogP contribution in [0.15, 0.2) is 24.8 Å². The number of esters is 2. The number of carbonyl (C=O) groups excluding carboxylic acids is 2. The molecule has 0 bridgehead atoms. The molecule has 100 valence electrons. The molecule has 2 atom stereocenters. The standard InChI is InChI=1S/C15H16O4/c1-4-11-5-6-12-13(7-11)15(19-10(3)17)8-14(12)18-9(2)16/h4-7,14-15H,1,8H2,2-3H3. The summed E-state index contributed by atoms with van der Waals surface area (Å²) in [6.07, 6.45) is 1.48. The second-order valence-electron chi connectivity index (χ2n) is 4.52. The van der Waals surface area contributed by atoms with Gasteiger partial charge in [0.2, 0.25) is 0 Å². The number of rotatable bonds is 3. The zero-order valence-electron chi connectivity index (χ0n) is 11.0. The lowest BCUT2D eigenvalue weighted by Gasteiger charge is -2.12. The summed E-state index contributed by atoms with van der Waals surface area (Å²) >= 11 is 0. The van der Waals surface area contributed by atoms with Crippen LogP contribution in [0.1, 0.15) is 49.2 Å². The van der Waals surface area contributed by atoms with Crippen LogP contribution in [0.3, 0.4) is 0 Å². The van der Waals surface area contributed by atoms with E-state index in [1.54, 1.807) is 6.08 Å². The van der Waals surface area contributed by atoms with Gasteiger partial charge >= 0.3 is 11.9 Å². The molecule has 4 heteroatoms. The van der Waals surface area contributed by atoms with E-state index in [1.807, 2.05) is 18.2 Å². The van der Waals surface area contributed by atoms with Gasteiger partial charge in [0.15, 0.2) is 0 Å². The second-order valence-corrected chi connectivity index (χ2v) is 4.52. The van der Waals surface area contributed by atoms with E-state index < -0.39 is 0 Å². The third-order valence-electron chi connectivity index (χ3n) is 3.08. The van der Waals surface area contributed by atoms with Crippen molar-refractivity contribution in [3.05, 3.63) is 41.5 Å². The normalized spacial score (nSPS) is 20.5. The largest absolute Gasteiger partial charge is 0.457 e. The lowest BCUT2D eigenvalue weighted by molar-refractivity contribution is -0.151. The van der Waals surface area contributed by atoms with Crippen LogP contribution in [0.5, 0.6) is 0 Å². The summed E-state index contributed by atoms with van der Waals surface area (Å²) in [4.78, 5) is 22.3. The second kappa shape index (κ2) is 5.26. The molecule has 0 fully saturated rings. The average Bonchev–Trinajstić information content (AvgIpc) is 2.65. The predicted octanol–water partition coefficient (Wildman–Crippen LogP) is 2.94. The van der Waals surface area contributed by atoms with Gasteiger partial charge in [-0.1, -0.05) is 24.8 Å². The molecule has 0 saturated heterocycles. The maximum atomic E-state index is 11.1. The minimum absolute atomic E-state index is 0.341. The Kier molecular flexibility index (Phi) is 3.69. The van der Waals surface area contributed by atoms with Gasteiger partial charge in [0.25, 0.3) is 0 Å². The molecule has 1 aromatic carbocycles. The van der Waals surface area contributed by atoms with Crippen LogP contribution in [0.4, 0.5) is 0 Å². The van der Waals surface area contributed by atoms with Crippen LogP contribution < -0.4 is 0 Å². The van der Waals surface area contributed by atoms with Crippen LogP contribution in [0.25, 0.3) is 6.08 Å². The van der Waals surface area contributed by atoms with Crippen molar-refractivity contribution >= 4 is 18.0 Å². The van der Waals surface area contributed by atoms with Crippen molar-refractivity contribution < 1.29 is 19.1 Å². The van der Waals surface area contributed by atoms with Crippen molar-refractivity contribution in [2.45, 2.75) is 32.5 Å². The van der Waals surface area contributed by atoms with Crippen molar-refractivity contribution in [3.63, 3.8) is 0 Å². The summed E-state index contributed by atoms with van der Waals surface area (Å²) in [5.41, 5.74) is 2.73. The van der Waals surface area contributed by atoms with Gasteiger partial charge in [0.1, 0.15) is 12.2 Å². The molecule has 1 aromatic rings. The van der Waals surface area contributed by atoms with Gasteiger partial charge in [0, 0.05) is 25.8 Å². The van der Waals surface area contributed by atoms with Gasteiger partial charge in [-0.2, -0.15) is 0 Å². The maximum absolute atomic E-state index is 11.1. The third-order valence-corrected chi connectivity index (χ3v) is 3.08. The molecule has 0 N–H and O–H groups in total. The van der Waals surface area contributed by atoms with Crippen LogP contribution in [-0.2, 0) is 19.1 Å². The first-order valence-corrected chi connectivity index (χ1v) is 6.12. The van der Waals surface area contributed by atoms with Gasteiger partial charge in [-0.05, 0) is 17.2 Å². The fourth-order valence-corrected chi connectivity index (χ4v) is 2.36. The number of ether oxygens (including phenoxy) is 2. The number of fused-ring (bicyclic) bond motifs is 1. The topological polar surface area (TPSA) is 52.6 Å². The molecule has 19 heavy (non-hydrogen) atoms. The Morgan fingerprint density at radius 2 is 1.74 bits per heavy atom. The van der Waals surface area contributed by atoms with Crippen LogP contribution in [0.2, 0.25) is 0 Å². The highest BCUT2D eigenvalue weighted by Crippen LogP contribution is 2.43. The summed E-state index contributed by atoms with van der Waals surface area (Å²) in [7, 11) is 0. The van der Waals surface area contributed by atoms with E-state index >= 15 is 0 Å². The molecule has 0 amide bonds. The highest BCUT2D eigenvalue weighted by molar-refractivity contribution is 5.68. The van der Waals surface area contributed by atoms with Crippen molar-refractivity contribution in [3.8, 4) is 0 Å². The number of benzene rings is 1. The summed E-state index contributed by atoms with van der Waals surface area (Å²) in [6.45, 7) is 6.46. The van der Waals surface area contributed by atoms with Gasteiger partial charge in [-0.15, -0.1) is 0 Å². The Morgan fingerprint density at radius 1 is 1.16 bits per heavy atom. The van der Waals surface area contributed by atoms with Crippen molar-refractivity contribution in [2.24, 2.45) is 0 Å².